The van der Waals surface area contributed by atoms with Gasteiger partial charge in [0, 0.05) is 30.2 Å². The Balaban J connectivity index is 1.47. The van der Waals surface area contributed by atoms with Crippen LogP contribution in [0.3, 0.4) is 0 Å². The van der Waals surface area contributed by atoms with E-state index in [1.807, 2.05) is 30.6 Å². The number of piperidine rings is 1. The number of H-pyrrole nitrogens is 1. The molecule has 1 fully saturated rings. The summed E-state index contributed by atoms with van der Waals surface area (Å²) in [6.07, 6.45) is 7.40. The predicted octanol–water partition coefficient (Wildman–Crippen LogP) is 5.01. The first-order chi connectivity index (χ1) is 15.2. The van der Waals surface area contributed by atoms with Crippen LogP contribution in [0.4, 0.5) is 15.8 Å². The van der Waals surface area contributed by atoms with Crippen molar-refractivity contribution in [1.82, 2.24) is 15.2 Å². The normalized spacial score (nSPS) is 14.0. The highest BCUT2D eigenvalue weighted by molar-refractivity contribution is 6.11. The van der Waals surface area contributed by atoms with Crippen molar-refractivity contribution in [3.8, 4) is 11.1 Å². The van der Waals surface area contributed by atoms with E-state index in [0.717, 1.165) is 35.4 Å². The molecule has 156 valence electrons. The molecule has 1 amide bonds. The standard InChI is InChI=1S/C24H22FN5O/c25-20-6-2-3-7-22(20)27-24(31)23-19-13-16(8-9-21(19)28-29-23)17-12-18(15-26-14-17)30-10-4-1-5-11-30/h2-3,6-9,12-15H,1,4-5,10-11H2,(H,27,31)(H,28,29). The molecule has 7 heteroatoms. The highest BCUT2D eigenvalue weighted by atomic mass is 19.1. The molecule has 0 unspecified atom stereocenters. The molecule has 0 radical (unpaired) electrons. The number of rotatable bonds is 4. The van der Waals surface area contributed by atoms with Crippen LogP contribution in [0.2, 0.25) is 0 Å². The molecule has 6 nitrogen and oxygen atoms in total. The van der Waals surface area contributed by atoms with Crippen molar-refractivity contribution in [1.29, 1.82) is 0 Å². The maximum atomic E-state index is 13.9. The second-order valence-corrected chi connectivity index (χ2v) is 7.75. The largest absolute Gasteiger partial charge is 0.370 e. The van der Waals surface area contributed by atoms with Crippen LogP contribution in [-0.4, -0.2) is 34.2 Å². The van der Waals surface area contributed by atoms with E-state index in [4.69, 9.17) is 0 Å². The number of aromatic nitrogens is 3. The summed E-state index contributed by atoms with van der Waals surface area (Å²) in [7, 11) is 0. The Bertz CT molecular complexity index is 1250. The van der Waals surface area contributed by atoms with Crippen molar-refractivity contribution in [3.63, 3.8) is 0 Å². The molecule has 2 aromatic carbocycles. The number of amides is 1. The molecule has 2 aromatic heterocycles. The molecule has 1 saturated heterocycles. The first-order valence-corrected chi connectivity index (χ1v) is 10.4. The van der Waals surface area contributed by atoms with Gasteiger partial charge >= 0.3 is 0 Å². The van der Waals surface area contributed by atoms with Crippen LogP contribution in [0.25, 0.3) is 22.0 Å². The number of anilines is 2. The van der Waals surface area contributed by atoms with Crippen molar-refractivity contribution >= 4 is 28.2 Å². The van der Waals surface area contributed by atoms with Gasteiger partial charge in [-0.1, -0.05) is 18.2 Å². The molecule has 5 rings (SSSR count). The highest BCUT2D eigenvalue weighted by Crippen LogP contribution is 2.29. The molecule has 0 saturated carbocycles. The number of pyridine rings is 1. The van der Waals surface area contributed by atoms with Gasteiger partial charge in [-0.05, 0) is 55.2 Å². The summed E-state index contributed by atoms with van der Waals surface area (Å²) < 4.78 is 13.9. The Morgan fingerprint density at radius 1 is 1.00 bits per heavy atom. The summed E-state index contributed by atoms with van der Waals surface area (Å²) in [6, 6.07) is 14.0. The minimum atomic E-state index is -0.489. The van der Waals surface area contributed by atoms with Gasteiger partial charge in [0.15, 0.2) is 5.69 Å². The third-order valence-electron chi connectivity index (χ3n) is 5.68. The van der Waals surface area contributed by atoms with Gasteiger partial charge in [0.25, 0.3) is 5.91 Å². The number of aromatic amines is 1. The number of halogens is 1. The van der Waals surface area contributed by atoms with Gasteiger partial charge in [0.05, 0.1) is 23.1 Å². The predicted molar refractivity (Wildman–Crippen MR) is 120 cm³/mol. The Morgan fingerprint density at radius 2 is 1.84 bits per heavy atom. The summed E-state index contributed by atoms with van der Waals surface area (Å²) in [5, 5.41) is 10.3. The van der Waals surface area contributed by atoms with Crippen molar-refractivity contribution < 1.29 is 9.18 Å². The molecule has 1 aliphatic heterocycles. The Labute approximate surface area is 179 Å². The zero-order valence-corrected chi connectivity index (χ0v) is 16.9. The van der Waals surface area contributed by atoms with Gasteiger partial charge in [-0.25, -0.2) is 4.39 Å². The van der Waals surface area contributed by atoms with Crippen LogP contribution in [0.15, 0.2) is 60.9 Å². The number of nitrogens with zero attached hydrogens (tertiary/aromatic N) is 3. The molecule has 4 aromatic rings. The number of nitrogens with one attached hydrogen (secondary N) is 2. The number of carbonyl (C=O) groups excluding carboxylic acids is 1. The topological polar surface area (TPSA) is 73.9 Å². The van der Waals surface area contributed by atoms with E-state index in [2.05, 4.69) is 31.5 Å². The van der Waals surface area contributed by atoms with E-state index >= 15 is 0 Å². The summed E-state index contributed by atoms with van der Waals surface area (Å²) >= 11 is 0. The lowest BCUT2D eigenvalue weighted by Crippen LogP contribution is -2.29. The van der Waals surface area contributed by atoms with Gasteiger partial charge in [-0.2, -0.15) is 5.10 Å². The van der Waals surface area contributed by atoms with Crippen LogP contribution in [0, 0.1) is 5.82 Å². The average Bonchev–Trinajstić information content (AvgIpc) is 3.25. The zero-order valence-electron chi connectivity index (χ0n) is 16.9. The summed E-state index contributed by atoms with van der Waals surface area (Å²) in [4.78, 5) is 19.6. The molecular weight excluding hydrogens is 393 g/mol. The zero-order chi connectivity index (χ0) is 21.2. The molecule has 0 bridgehead atoms. The van der Waals surface area contributed by atoms with E-state index in [1.54, 1.807) is 12.1 Å². The van der Waals surface area contributed by atoms with Crippen LogP contribution >= 0.6 is 0 Å². The minimum absolute atomic E-state index is 0.123. The lowest BCUT2D eigenvalue weighted by molar-refractivity contribution is 0.102. The fourth-order valence-corrected chi connectivity index (χ4v) is 4.02. The van der Waals surface area contributed by atoms with Crippen LogP contribution in [0.5, 0.6) is 0 Å². The molecule has 1 aliphatic rings. The second kappa shape index (κ2) is 8.18. The van der Waals surface area contributed by atoms with Crippen molar-refractivity contribution in [2.24, 2.45) is 0 Å². The molecule has 0 atom stereocenters. The molecule has 2 N–H and O–H groups in total. The lowest BCUT2D eigenvalue weighted by atomic mass is 10.0. The summed E-state index contributed by atoms with van der Waals surface area (Å²) in [5.41, 5.74) is 4.12. The van der Waals surface area contributed by atoms with Crippen LogP contribution in [-0.2, 0) is 0 Å². The highest BCUT2D eigenvalue weighted by Gasteiger charge is 2.17. The molecule has 0 aliphatic carbocycles. The quantitative estimate of drug-likeness (QED) is 0.492. The van der Waals surface area contributed by atoms with E-state index in [-0.39, 0.29) is 11.4 Å². The number of benzene rings is 2. The SMILES string of the molecule is O=C(Nc1ccccc1F)c1n[nH]c2ccc(-c3cncc(N4CCCCC4)c3)cc12. The van der Waals surface area contributed by atoms with Crippen LogP contribution in [0.1, 0.15) is 29.8 Å². The molecule has 3 heterocycles. The van der Waals surface area contributed by atoms with Gasteiger partial charge in [0.1, 0.15) is 5.82 Å². The number of fused-ring (bicyclic) bond motifs is 1. The molecular formula is C24H22FN5O. The minimum Gasteiger partial charge on any atom is -0.370 e. The van der Waals surface area contributed by atoms with Gasteiger partial charge < -0.3 is 10.2 Å². The first-order valence-electron chi connectivity index (χ1n) is 10.4. The Hall–Kier alpha value is -3.74. The lowest BCUT2D eigenvalue weighted by Gasteiger charge is -2.28. The average molecular weight is 415 g/mol. The van der Waals surface area contributed by atoms with E-state index in [9.17, 15) is 9.18 Å². The third-order valence-corrected chi connectivity index (χ3v) is 5.68. The van der Waals surface area contributed by atoms with Gasteiger partial charge in [-0.3, -0.25) is 14.9 Å². The van der Waals surface area contributed by atoms with Crippen molar-refractivity contribution in [2.75, 3.05) is 23.3 Å². The first kappa shape index (κ1) is 19.2. The van der Waals surface area contributed by atoms with Gasteiger partial charge in [-0.15, -0.1) is 0 Å². The Kier molecular flexibility index (Phi) is 5.08. The van der Waals surface area contributed by atoms with Crippen LogP contribution < -0.4 is 10.2 Å². The number of para-hydroxylation sites is 1. The fraction of sp³-hybridized carbons (Fsp3) is 0.208. The molecule has 31 heavy (non-hydrogen) atoms. The van der Waals surface area contributed by atoms with E-state index in [0.29, 0.717) is 5.39 Å². The van der Waals surface area contributed by atoms with Crippen molar-refractivity contribution in [3.05, 3.63) is 72.4 Å². The maximum Gasteiger partial charge on any atom is 0.276 e. The third kappa shape index (κ3) is 3.86. The fourth-order valence-electron chi connectivity index (χ4n) is 4.02. The van der Waals surface area contributed by atoms with Crippen molar-refractivity contribution in [2.45, 2.75) is 19.3 Å². The second-order valence-electron chi connectivity index (χ2n) is 7.75. The number of hydrogen-bond donors (Lipinski definition) is 2. The summed E-state index contributed by atoms with van der Waals surface area (Å²) in [6.45, 7) is 2.10. The Morgan fingerprint density at radius 3 is 2.68 bits per heavy atom. The van der Waals surface area contributed by atoms with Gasteiger partial charge in [0.2, 0.25) is 0 Å². The monoisotopic (exact) mass is 415 g/mol. The molecule has 0 spiro atoms. The summed E-state index contributed by atoms with van der Waals surface area (Å²) in [5.74, 6) is -0.953. The number of hydrogen-bond acceptors (Lipinski definition) is 4. The smallest absolute Gasteiger partial charge is 0.276 e. The maximum absolute atomic E-state index is 13.9. The van der Waals surface area contributed by atoms with E-state index < -0.39 is 11.7 Å². The van der Waals surface area contributed by atoms with E-state index in [1.165, 1.54) is 31.4 Å². The number of carbonyl (C=O) groups is 1.